The molecule has 1 aromatic carbocycles. The van der Waals surface area contributed by atoms with Crippen LogP contribution < -0.4 is 11.1 Å². The van der Waals surface area contributed by atoms with E-state index in [0.717, 1.165) is 16.5 Å². The Kier molecular flexibility index (Phi) is 5.28. The number of carbonyl (C=O) groups is 2. The van der Waals surface area contributed by atoms with Crippen molar-refractivity contribution in [1.82, 2.24) is 15.2 Å². The standard InChI is InChI=1S/C16H20N4O2.ClH/c1-20-9-11(7-15(20)21)19-16(22)13(17)6-10-8-18-14-5-3-2-4-12(10)14;/h2-5,8,11,13,18H,6-7,9,17H2,1H3,(H,19,22);1H/t11?,13-;/m0./s1. The van der Waals surface area contributed by atoms with Gasteiger partial charge in [-0.25, -0.2) is 0 Å². The van der Waals surface area contributed by atoms with Gasteiger partial charge >= 0.3 is 0 Å². The summed E-state index contributed by atoms with van der Waals surface area (Å²) >= 11 is 0. The van der Waals surface area contributed by atoms with Gasteiger partial charge in [0.1, 0.15) is 0 Å². The van der Waals surface area contributed by atoms with E-state index >= 15 is 0 Å². The van der Waals surface area contributed by atoms with Gasteiger partial charge in [0, 0.05) is 37.1 Å². The number of aromatic amines is 1. The number of aromatic nitrogens is 1. The van der Waals surface area contributed by atoms with Gasteiger partial charge in [0.2, 0.25) is 11.8 Å². The molecule has 1 saturated heterocycles. The highest BCUT2D eigenvalue weighted by Crippen LogP contribution is 2.19. The third kappa shape index (κ3) is 3.65. The molecule has 1 aliphatic heterocycles. The zero-order chi connectivity index (χ0) is 15.7. The van der Waals surface area contributed by atoms with E-state index in [1.165, 1.54) is 0 Å². The van der Waals surface area contributed by atoms with Crippen molar-refractivity contribution in [2.45, 2.75) is 24.9 Å². The monoisotopic (exact) mass is 336 g/mol. The van der Waals surface area contributed by atoms with Gasteiger partial charge in [0.25, 0.3) is 0 Å². The first-order chi connectivity index (χ1) is 10.5. The molecule has 2 amide bonds. The molecule has 3 rings (SSSR count). The highest BCUT2D eigenvalue weighted by atomic mass is 35.5. The fraction of sp³-hybridized carbons (Fsp3) is 0.375. The van der Waals surface area contributed by atoms with Crippen LogP contribution in [-0.2, 0) is 16.0 Å². The number of amides is 2. The number of rotatable bonds is 4. The number of likely N-dealkylation sites (tertiary alicyclic amines) is 1. The van der Waals surface area contributed by atoms with Crippen LogP contribution in [0.15, 0.2) is 30.5 Å². The van der Waals surface area contributed by atoms with Crippen LogP contribution in [-0.4, -0.2) is 47.4 Å². The highest BCUT2D eigenvalue weighted by Gasteiger charge is 2.29. The van der Waals surface area contributed by atoms with E-state index in [1.807, 2.05) is 30.5 Å². The highest BCUT2D eigenvalue weighted by molar-refractivity contribution is 5.87. The maximum absolute atomic E-state index is 12.2. The van der Waals surface area contributed by atoms with Crippen LogP contribution >= 0.6 is 12.4 Å². The van der Waals surface area contributed by atoms with Crippen molar-refractivity contribution in [3.8, 4) is 0 Å². The molecule has 1 aliphatic rings. The van der Waals surface area contributed by atoms with Crippen LogP contribution in [0.25, 0.3) is 10.9 Å². The number of carbonyl (C=O) groups excluding carboxylic acids is 2. The molecular weight excluding hydrogens is 316 g/mol. The molecule has 4 N–H and O–H groups in total. The summed E-state index contributed by atoms with van der Waals surface area (Å²) in [5.41, 5.74) is 8.08. The Hall–Kier alpha value is -2.05. The molecule has 0 bridgehead atoms. The Labute approximate surface area is 140 Å². The summed E-state index contributed by atoms with van der Waals surface area (Å²) in [6.07, 6.45) is 2.71. The quantitative estimate of drug-likeness (QED) is 0.771. The van der Waals surface area contributed by atoms with Crippen molar-refractivity contribution in [1.29, 1.82) is 0 Å². The van der Waals surface area contributed by atoms with Crippen molar-refractivity contribution < 1.29 is 9.59 Å². The summed E-state index contributed by atoms with van der Waals surface area (Å²) in [6, 6.07) is 7.16. The van der Waals surface area contributed by atoms with Crippen molar-refractivity contribution in [2.75, 3.05) is 13.6 Å². The predicted octanol–water partition coefficient (Wildman–Crippen LogP) is 0.806. The summed E-state index contributed by atoms with van der Waals surface area (Å²) < 4.78 is 0. The number of hydrogen-bond donors (Lipinski definition) is 3. The van der Waals surface area contributed by atoms with Crippen LogP contribution in [0.3, 0.4) is 0 Å². The number of fused-ring (bicyclic) bond motifs is 1. The average Bonchev–Trinajstić information content (AvgIpc) is 3.03. The number of nitrogens with two attached hydrogens (primary N) is 1. The fourth-order valence-corrected chi connectivity index (χ4v) is 2.90. The van der Waals surface area contributed by atoms with Gasteiger partial charge < -0.3 is 20.9 Å². The molecule has 1 aromatic heterocycles. The van der Waals surface area contributed by atoms with E-state index < -0.39 is 6.04 Å². The fourth-order valence-electron chi connectivity index (χ4n) is 2.90. The SMILES string of the molecule is CN1CC(NC(=O)[C@@H](N)Cc2c[nH]c3ccccc23)CC1=O.Cl. The van der Waals surface area contributed by atoms with E-state index in [1.54, 1.807) is 11.9 Å². The third-order valence-electron chi connectivity index (χ3n) is 4.14. The van der Waals surface area contributed by atoms with Crippen molar-refractivity contribution in [3.63, 3.8) is 0 Å². The number of hydrogen-bond acceptors (Lipinski definition) is 3. The van der Waals surface area contributed by atoms with E-state index in [2.05, 4.69) is 10.3 Å². The molecule has 0 saturated carbocycles. The van der Waals surface area contributed by atoms with Crippen molar-refractivity contribution in [2.24, 2.45) is 5.73 Å². The lowest BCUT2D eigenvalue weighted by Crippen LogP contribution is -2.47. The lowest BCUT2D eigenvalue weighted by Gasteiger charge is -2.16. The van der Waals surface area contributed by atoms with Crippen LogP contribution in [0.5, 0.6) is 0 Å². The Morgan fingerprint density at radius 2 is 2.22 bits per heavy atom. The Bertz CT molecular complexity index is 715. The van der Waals surface area contributed by atoms with Crippen LogP contribution in [0.2, 0.25) is 0 Å². The number of para-hydroxylation sites is 1. The molecule has 0 radical (unpaired) electrons. The molecule has 0 aliphatic carbocycles. The van der Waals surface area contributed by atoms with Crippen molar-refractivity contribution in [3.05, 3.63) is 36.0 Å². The van der Waals surface area contributed by atoms with Gasteiger partial charge in [0.05, 0.1) is 12.1 Å². The number of benzene rings is 1. The molecule has 2 atom stereocenters. The number of nitrogens with zero attached hydrogens (tertiary/aromatic N) is 1. The molecule has 1 unspecified atom stereocenters. The molecule has 6 nitrogen and oxygen atoms in total. The van der Waals surface area contributed by atoms with Crippen LogP contribution in [0, 0.1) is 0 Å². The summed E-state index contributed by atoms with van der Waals surface area (Å²) in [5.74, 6) is -0.158. The van der Waals surface area contributed by atoms with E-state index in [4.69, 9.17) is 5.73 Å². The Balaban J connectivity index is 0.00000192. The first-order valence-corrected chi connectivity index (χ1v) is 7.39. The van der Waals surface area contributed by atoms with Gasteiger partial charge in [-0.15, -0.1) is 12.4 Å². The number of halogens is 1. The van der Waals surface area contributed by atoms with E-state index in [0.29, 0.717) is 19.4 Å². The summed E-state index contributed by atoms with van der Waals surface area (Å²) in [5, 5.41) is 3.95. The molecule has 23 heavy (non-hydrogen) atoms. The molecule has 2 heterocycles. The molecule has 2 aromatic rings. The van der Waals surface area contributed by atoms with Gasteiger partial charge in [-0.1, -0.05) is 18.2 Å². The zero-order valence-electron chi connectivity index (χ0n) is 12.9. The average molecular weight is 337 g/mol. The number of likely N-dealkylation sites (N-methyl/N-ethyl adjacent to an activating group) is 1. The van der Waals surface area contributed by atoms with Gasteiger partial charge in [-0.2, -0.15) is 0 Å². The second kappa shape index (κ2) is 7.02. The van der Waals surface area contributed by atoms with Crippen LogP contribution in [0.4, 0.5) is 0 Å². The molecule has 124 valence electrons. The Morgan fingerprint density at radius 3 is 2.91 bits per heavy atom. The normalized spacial score (nSPS) is 18.8. The number of H-pyrrole nitrogens is 1. The summed E-state index contributed by atoms with van der Waals surface area (Å²) in [7, 11) is 1.74. The van der Waals surface area contributed by atoms with Gasteiger partial charge in [-0.05, 0) is 18.1 Å². The van der Waals surface area contributed by atoms with Gasteiger partial charge in [-0.3, -0.25) is 9.59 Å². The Morgan fingerprint density at radius 1 is 1.48 bits per heavy atom. The minimum absolute atomic E-state index is 0. The second-order valence-corrected chi connectivity index (χ2v) is 5.85. The molecular formula is C16H21ClN4O2. The van der Waals surface area contributed by atoms with E-state index in [-0.39, 0.29) is 30.3 Å². The third-order valence-corrected chi connectivity index (χ3v) is 4.14. The first-order valence-electron chi connectivity index (χ1n) is 7.39. The minimum atomic E-state index is -0.625. The molecule has 7 heteroatoms. The maximum Gasteiger partial charge on any atom is 0.237 e. The van der Waals surface area contributed by atoms with E-state index in [9.17, 15) is 9.59 Å². The minimum Gasteiger partial charge on any atom is -0.361 e. The largest absolute Gasteiger partial charge is 0.361 e. The first kappa shape index (κ1) is 17.3. The second-order valence-electron chi connectivity index (χ2n) is 5.85. The lowest BCUT2D eigenvalue weighted by atomic mass is 10.0. The smallest absolute Gasteiger partial charge is 0.237 e. The lowest BCUT2D eigenvalue weighted by molar-refractivity contribution is -0.126. The number of nitrogens with one attached hydrogen (secondary N) is 2. The zero-order valence-corrected chi connectivity index (χ0v) is 13.7. The molecule has 0 spiro atoms. The van der Waals surface area contributed by atoms with Gasteiger partial charge in [0.15, 0.2) is 0 Å². The predicted molar refractivity (Wildman–Crippen MR) is 91.4 cm³/mol. The topological polar surface area (TPSA) is 91.2 Å². The summed E-state index contributed by atoms with van der Waals surface area (Å²) in [4.78, 5) is 28.5. The maximum atomic E-state index is 12.2. The molecule has 1 fully saturated rings. The van der Waals surface area contributed by atoms with Crippen molar-refractivity contribution >= 4 is 35.1 Å². The summed E-state index contributed by atoms with van der Waals surface area (Å²) in [6.45, 7) is 0.546. The van der Waals surface area contributed by atoms with Crippen LogP contribution in [0.1, 0.15) is 12.0 Å².